The lowest BCUT2D eigenvalue weighted by Crippen LogP contribution is -2.34. The van der Waals surface area contributed by atoms with Crippen LogP contribution in [0.25, 0.3) is 0 Å². The van der Waals surface area contributed by atoms with Crippen LogP contribution in [0.4, 0.5) is 5.69 Å². The van der Waals surface area contributed by atoms with E-state index in [0.29, 0.717) is 18.8 Å². The Morgan fingerprint density at radius 1 is 1.03 bits per heavy atom. The van der Waals surface area contributed by atoms with Gasteiger partial charge in [-0.15, -0.1) is 0 Å². The van der Waals surface area contributed by atoms with Crippen LogP contribution < -0.4 is 20.1 Å². The number of thiocarbonyl (C=S) groups is 1. The molecule has 1 unspecified atom stereocenters. The van der Waals surface area contributed by atoms with Crippen LogP contribution in [0.1, 0.15) is 55.8 Å². The number of amides is 1. The van der Waals surface area contributed by atoms with Gasteiger partial charge in [-0.05, 0) is 80.0 Å². The van der Waals surface area contributed by atoms with Crippen LogP contribution >= 0.6 is 12.2 Å². The van der Waals surface area contributed by atoms with Gasteiger partial charge in [0.15, 0.2) is 5.11 Å². The first-order valence-electron chi connectivity index (χ1n) is 11.3. The second kappa shape index (κ2) is 13.0. The smallest absolute Gasteiger partial charge is 0.257 e. The molecule has 172 valence electrons. The Hall–Kier alpha value is -2.64. The second-order valence-electron chi connectivity index (χ2n) is 7.81. The average molecular weight is 457 g/mol. The van der Waals surface area contributed by atoms with Crippen molar-refractivity contribution in [3.8, 4) is 11.5 Å². The molecule has 0 saturated carbocycles. The molecule has 2 aromatic carbocycles. The molecule has 0 radical (unpaired) electrons. The summed E-state index contributed by atoms with van der Waals surface area (Å²) in [5, 5.41) is 5.95. The van der Waals surface area contributed by atoms with Gasteiger partial charge in [-0.3, -0.25) is 10.1 Å². The largest absolute Gasteiger partial charge is 0.494 e. The van der Waals surface area contributed by atoms with Crippen LogP contribution in [0, 0.1) is 0 Å². The Bertz CT molecular complexity index is 849. The minimum Gasteiger partial charge on any atom is -0.494 e. The van der Waals surface area contributed by atoms with Gasteiger partial charge >= 0.3 is 0 Å². The summed E-state index contributed by atoms with van der Waals surface area (Å²) >= 11 is 5.27. The average Bonchev–Trinajstić information content (AvgIpc) is 3.32. The number of hydrogen-bond acceptors (Lipinski definition) is 5. The van der Waals surface area contributed by atoms with Gasteiger partial charge in [0.05, 0.1) is 12.7 Å². The number of benzene rings is 2. The zero-order valence-electron chi connectivity index (χ0n) is 18.6. The van der Waals surface area contributed by atoms with E-state index in [1.807, 2.05) is 24.3 Å². The first-order chi connectivity index (χ1) is 15.6. The topological polar surface area (TPSA) is 68.8 Å². The van der Waals surface area contributed by atoms with Crippen LogP contribution in [0.2, 0.25) is 0 Å². The summed E-state index contributed by atoms with van der Waals surface area (Å²) in [4.78, 5) is 12.4. The fourth-order valence-corrected chi connectivity index (χ4v) is 3.57. The quantitative estimate of drug-likeness (QED) is 0.352. The highest BCUT2D eigenvalue weighted by atomic mass is 32.1. The summed E-state index contributed by atoms with van der Waals surface area (Å²) in [6.45, 7) is 4.25. The minimum absolute atomic E-state index is 0.182. The third-order valence-electron chi connectivity index (χ3n) is 5.18. The van der Waals surface area contributed by atoms with E-state index >= 15 is 0 Å². The number of anilines is 1. The van der Waals surface area contributed by atoms with Crippen molar-refractivity contribution in [1.29, 1.82) is 0 Å². The molecule has 0 aromatic heterocycles. The van der Waals surface area contributed by atoms with Crippen LogP contribution in [0.15, 0.2) is 48.5 Å². The fourth-order valence-electron chi connectivity index (χ4n) is 3.36. The summed E-state index contributed by atoms with van der Waals surface area (Å²) in [7, 11) is 0. The second-order valence-corrected chi connectivity index (χ2v) is 8.22. The van der Waals surface area contributed by atoms with Gasteiger partial charge < -0.3 is 19.5 Å². The summed E-state index contributed by atoms with van der Waals surface area (Å²) < 4.78 is 17.0. The van der Waals surface area contributed by atoms with Gasteiger partial charge in [-0.25, -0.2) is 0 Å². The molecule has 1 heterocycles. The van der Waals surface area contributed by atoms with E-state index in [-0.39, 0.29) is 17.1 Å². The highest BCUT2D eigenvalue weighted by Crippen LogP contribution is 2.18. The molecule has 1 saturated heterocycles. The molecule has 1 amide bonds. The number of carbonyl (C=O) groups is 1. The number of carbonyl (C=O) groups excluding carboxylic acids is 1. The Morgan fingerprint density at radius 2 is 1.75 bits per heavy atom. The predicted molar refractivity (Wildman–Crippen MR) is 131 cm³/mol. The maximum atomic E-state index is 12.4. The summed E-state index contributed by atoms with van der Waals surface area (Å²) in [6.07, 6.45) is 6.96. The van der Waals surface area contributed by atoms with E-state index in [9.17, 15) is 4.79 Å². The van der Waals surface area contributed by atoms with E-state index < -0.39 is 0 Å². The molecule has 1 aliphatic heterocycles. The lowest BCUT2D eigenvalue weighted by molar-refractivity contribution is 0.0679. The van der Waals surface area contributed by atoms with Gasteiger partial charge in [-0.2, -0.15) is 0 Å². The Balaban J connectivity index is 1.39. The zero-order chi connectivity index (χ0) is 22.6. The third kappa shape index (κ3) is 8.13. The first kappa shape index (κ1) is 24.0. The van der Waals surface area contributed by atoms with Crippen molar-refractivity contribution in [3.05, 3.63) is 54.1 Å². The van der Waals surface area contributed by atoms with E-state index in [1.54, 1.807) is 24.3 Å². The zero-order valence-corrected chi connectivity index (χ0v) is 19.4. The highest BCUT2D eigenvalue weighted by molar-refractivity contribution is 7.80. The van der Waals surface area contributed by atoms with Crippen LogP contribution in [-0.4, -0.2) is 36.9 Å². The number of ether oxygens (including phenoxy) is 3. The number of hydrogen-bond donors (Lipinski definition) is 2. The Kier molecular flexibility index (Phi) is 9.78. The van der Waals surface area contributed by atoms with E-state index in [0.717, 1.165) is 43.1 Å². The minimum atomic E-state index is -0.270. The maximum Gasteiger partial charge on any atom is 0.257 e. The Morgan fingerprint density at radius 3 is 2.44 bits per heavy atom. The molecule has 0 aliphatic carbocycles. The lowest BCUT2D eigenvalue weighted by Gasteiger charge is -2.13. The van der Waals surface area contributed by atoms with Gasteiger partial charge in [-0.1, -0.05) is 26.2 Å². The van der Waals surface area contributed by atoms with Crippen molar-refractivity contribution in [1.82, 2.24) is 5.32 Å². The molecule has 1 aliphatic rings. The summed E-state index contributed by atoms with van der Waals surface area (Å²) in [5.41, 5.74) is 1.29. The fraction of sp³-hybridized carbons (Fsp3) is 0.440. The maximum absolute atomic E-state index is 12.4. The van der Waals surface area contributed by atoms with Crippen molar-refractivity contribution in [2.45, 2.75) is 51.6 Å². The van der Waals surface area contributed by atoms with E-state index in [4.69, 9.17) is 26.4 Å². The molecule has 32 heavy (non-hydrogen) atoms. The van der Waals surface area contributed by atoms with Crippen molar-refractivity contribution in [3.63, 3.8) is 0 Å². The SMILES string of the molecule is CCCCCCOc1ccc(C(=O)NC(=S)Nc2ccc(OCC3CCCO3)cc2)cc1. The number of rotatable bonds is 11. The molecule has 1 fully saturated rings. The molecular weight excluding hydrogens is 424 g/mol. The van der Waals surface area contributed by atoms with Gasteiger partial charge in [0.25, 0.3) is 5.91 Å². The van der Waals surface area contributed by atoms with Crippen LogP contribution in [0.3, 0.4) is 0 Å². The van der Waals surface area contributed by atoms with Gasteiger partial charge in [0.2, 0.25) is 0 Å². The van der Waals surface area contributed by atoms with Crippen molar-refractivity contribution in [2.24, 2.45) is 0 Å². The summed E-state index contributed by atoms with van der Waals surface area (Å²) in [6, 6.07) is 14.5. The first-order valence-corrected chi connectivity index (χ1v) is 11.7. The molecule has 1 atom stereocenters. The number of unbranched alkanes of at least 4 members (excludes halogenated alkanes) is 3. The molecule has 2 aromatic rings. The van der Waals surface area contributed by atoms with E-state index in [2.05, 4.69) is 17.6 Å². The van der Waals surface area contributed by atoms with Crippen molar-refractivity contribution < 1.29 is 19.0 Å². The molecule has 7 heteroatoms. The lowest BCUT2D eigenvalue weighted by atomic mass is 10.2. The molecule has 6 nitrogen and oxygen atoms in total. The van der Waals surface area contributed by atoms with Gasteiger partial charge in [0.1, 0.15) is 18.1 Å². The summed E-state index contributed by atoms with van der Waals surface area (Å²) in [5.74, 6) is 1.27. The highest BCUT2D eigenvalue weighted by Gasteiger charge is 2.16. The van der Waals surface area contributed by atoms with Gasteiger partial charge in [0, 0.05) is 17.9 Å². The van der Waals surface area contributed by atoms with Crippen LogP contribution in [0.5, 0.6) is 11.5 Å². The molecular formula is C25H32N2O4S. The molecule has 2 N–H and O–H groups in total. The number of nitrogens with one attached hydrogen (secondary N) is 2. The Labute approximate surface area is 195 Å². The van der Waals surface area contributed by atoms with Crippen molar-refractivity contribution >= 4 is 28.9 Å². The molecule has 0 spiro atoms. The molecule has 0 bridgehead atoms. The standard InChI is InChI=1S/C25H32N2O4S/c1-2-3-4-5-16-29-21-12-8-19(9-13-21)24(28)27-25(32)26-20-10-14-22(15-11-20)31-18-23-7-6-17-30-23/h8-15,23H,2-7,16-18H2,1H3,(H2,26,27,28,32). The van der Waals surface area contributed by atoms with Crippen LogP contribution in [-0.2, 0) is 4.74 Å². The third-order valence-corrected chi connectivity index (χ3v) is 5.39. The van der Waals surface area contributed by atoms with Crippen molar-refractivity contribution in [2.75, 3.05) is 25.1 Å². The normalized spacial score (nSPS) is 15.2. The monoisotopic (exact) mass is 456 g/mol. The van der Waals surface area contributed by atoms with E-state index in [1.165, 1.54) is 19.3 Å². The predicted octanol–water partition coefficient (Wildman–Crippen LogP) is 5.33. The molecule has 3 rings (SSSR count).